The fourth-order valence-electron chi connectivity index (χ4n) is 2.27. The molecule has 0 amide bonds. The number of aryl methyl sites for hydroxylation is 1. The summed E-state index contributed by atoms with van der Waals surface area (Å²) in [4.78, 5) is 11.1. The summed E-state index contributed by atoms with van der Waals surface area (Å²) in [5.41, 5.74) is 1.12. The normalized spacial score (nSPS) is 12.7. The number of rotatable bonds is 7. The Hall–Kier alpha value is -1.32. The van der Waals surface area contributed by atoms with Crippen molar-refractivity contribution in [2.45, 2.75) is 66.0 Å². The quantitative estimate of drug-likeness (QED) is 0.683. The fourth-order valence-corrected chi connectivity index (χ4v) is 2.27. The van der Waals surface area contributed by atoms with Crippen LogP contribution in [0.5, 0.6) is 0 Å². The number of aromatic nitrogens is 2. The highest BCUT2D eigenvalue weighted by Crippen LogP contribution is 2.10. The molecular weight excluding hydrogens is 228 g/mol. The number of unbranched alkanes of at least 4 members (excludes halogenated alkanes) is 1. The van der Waals surface area contributed by atoms with E-state index in [2.05, 4.69) is 18.4 Å². The van der Waals surface area contributed by atoms with E-state index in [0.717, 1.165) is 43.7 Å². The van der Waals surface area contributed by atoms with E-state index in [1.807, 2.05) is 17.7 Å². The summed E-state index contributed by atoms with van der Waals surface area (Å²) in [5.74, 6) is 0.0827. The zero-order valence-corrected chi connectivity index (χ0v) is 11.9. The predicted molar refractivity (Wildman–Crippen MR) is 68.0 cm³/mol. The van der Waals surface area contributed by atoms with Crippen LogP contribution < -0.4 is 9.67 Å². The van der Waals surface area contributed by atoms with Crippen molar-refractivity contribution in [2.75, 3.05) is 0 Å². The minimum Gasteiger partial charge on any atom is -0.546 e. The molecule has 0 N–H and O–H groups in total. The summed E-state index contributed by atoms with van der Waals surface area (Å²) in [6.45, 7) is 8.93. The van der Waals surface area contributed by atoms with Gasteiger partial charge in [0, 0.05) is 13.3 Å². The molecule has 1 aromatic heterocycles. The molecule has 0 spiro atoms. The Labute approximate surface area is 109 Å². The number of carboxylic acid groups (broad SMARTS) is 1. The van der Waals surface area contributed by atoms with Gasteiger partial charge < -0.3 is 9.90 Å². The minimum atomic E-state index is -1.02. The Morgan fingerprint density at radius 3 is 2.61 bits per heavy atom. The maximum absolute atomic E-state index is 11.1. The van der Waals surface area contributed by atoms with Gasteiger partial charge in [0.2, 0.25) is 0 Å². The van der Waals surface area contributed by atoms with Gasteiger partial charge in [-0.15, -0.1) is 0 Å². The molecule has 0 aliphatic rings. The molecule has 0 radical (unpaired) electrons. The third kappa shape index (κ3) is 3.12. The van der Waals surface area contributed by atoms with Crippen molar-refractivity contribution < 1.29 is 14.5 Å². The van der Waals surface area contributed by atoms with Crippen LogP contribution in [-0.2, 0) is 17.8 Å². The van der Waals surface area contributed by atoms with E-state index in [0.29, 0.717) is 0 Å². The van der Waals surface area contributed by atoms with E-state index < -0.39 is 12.0 Å². The molecule has 1 unspecified atom stereocenters. The van der Waals surface area contributed by atoms with Crippen LogP contribution in [0.25, 0.3) is 0 Å². The largest absolute Gasteiger partial charge is 0.546 e. The monoisotopic (exact) mass is 252 g/mol. The number of carbonyl (C=O) groups excluding carboxylic acids is 1. The van der Waals surface area contributed by atoms with Crippen molar-refractivity contribution in [3.8, 4) is 0 Å². The lowest BCUT2D eigenvalue weighted by Gasteiger charge is -2.12. The summed E-state index contributed by atoms with van der Waals surface area (Å²) in [6.07, 6.45) is 6.08. The Bertz CT molecular complexity index is 410. The first-order valence-corrected chi connectivity index (χ1v) is 6.83. The van der Waals surface area contributed by atoms with E-state index >= 15 is 0 Å². The summed E-state index contributed by atoms with van der Waals surface area (Å²) < 4.78 is 4.09. The fraction of sp³-hybridized carbons (Fsp3) is 0.714. The van der Waals surface area contributed by atoms with Crippen molar-refractivity contribution >= 4 is 5.97 Å². The van der Waals surface area contributed by atoms with Crippen LogP contribution >= 0.6 is 0 Å². The van der Waals surface area contributed by atoms with Crippen LogP contribution in [0.15, 0.2) is 6.20 Å². The van der Waals surface area contributed by atoms with Gasteiger partial charge in [-0.2, -0.15) is 0 Å². The van der Waals surface area contributed by atoms with Gasteiger partial charge in [0.1, 0.15) is 17.9 Å². The van der Waals surface area contributed by atoms with Crippen LogP contribution in [0, 0.1) is 6.92 Å². The number of hydrogen-bond acceptors (Lipinski definition) is 2. The number of aliphatic carboxylic acids is 1. The van der Waals surface area contributed by atoms with Crippen molar-refractivity contribution in [2.24, 2.45) is 0 Å². The molecule has 102 valence electrons. The van der Waals surface area contributed by atoms with Gasteiger partial charge in [0.25, 0.3) is 5.82 Å². The maximum atomic E-state index is 11.1. The second-order valence-electron chi connectivity index (χ2n) is 4.84. The third-order valence-corrected chi connectivity index (χ3v) is 3.32. The van der Waals surface area contributed by atoms with E-state index in [9.17, 15) is 9.90 Å². The number of carboxylic acids is 1. The maximum Gasteiger partial charge on any atom is 0.257 e. The van der Waals surface area contributed by atoms with E-state index in [4.69, 9.17) is 0 Å². The van der Waals surface area contributed by atoms with E-state index in [-0.39, 0.29) is 0 Å². The second kappa shape index (κ2) is 6.57. The smallest absolute Gasteiger partial charge is 0.257 e. The van der Waals surface area contributed by atoms with Gasteiger partial charge in [-0.25, -0.2) is 9.13 Å². The van der Waals surface area contributed by atoms with E-state index in [1.165, 1.54) is 0 Å². The average Bonchev–Trinajstić information content (AvgIpc) is 2.63. The first-order chi connectivity index (χ1) is 8.52. The first kappa shape index (κ1) is 14.7. The Morgan fingerprint density at radius 2 is 2.11 bits per heavy atom. The molecular formula is C14H24N2O2. The SMILES string of the molecule is CCCCc1n(CCC)c(C)c[n+]1C(C)C(=O)[O-]. The zero-order valence-electron chi connectivity index (χ0n) is 11.9. The lowest BCUT2D eigenvalue weighted by Crippen LogP contribution is -2.49. The van der Waals surface area contributed by atoms with Crippen LogP contribution in [0.2, 0.25) is 0 Å². The molecule has 0 bridgehead atoms. The molecule has 0 saturated carbocycles. The van der Waals surface area contributed by atoms with Gasteiger partial charge in [-0.1, -0.05) is 20.3 Å². The molecule has 0 fully saturated rings. The lowest BCUT2D eigenvalue weighted by atomic mass is 10.2. The highest BCUT2D eigenvalue weighted by Gasteiger charge is 2.24. The molecule has 4 heteroatoms. The van der Waals surface area contributed by atoms with Gasteiger partial charge in [0.05, 0.1) is 12.5 Å². The molecule has 0 saturated heterocycles. The molecule has 0 aliphatic heterocycles. The Kier molecular flexibility index (Phi) is 5.38. The number of imidazole rings is 1. The Morgan fingerprint density at radius 1 is 1.44 bits per heavy atom. The lowest BCUT2D eigenvalue weighted by molar-refractivity contribution is -0.719. The second-order valence-corrected chi connectivity index (χ2v) is 4.84. The summed E-state index contributed by atoms with van der Waals surface area (Å²) in [6, 6.07) is -0.603. The Balaban J connectivity index is 3.15. The predicted octanol–water partition coefficient (Wildman–Crippen LogP) is 1.15. The van der Waals surface area contributed by atoms with Crippen molar-refractivity contribution in [3.05, 3.63) is 17.7 Å². The van der Waals surface area contributed by atoms with Gasteiger partial charge in [-0.3, -0.25) is 0 Å². The van der Waals surface area contributed by atoms with Crippen molar-refractivity contribution in [1.82, 2.24) is 4.57 Å². The van der Waals surface area contributed by atoms with Crippen molar-refractivity contribution in [3.63, 3.8) is 0 Å². The van der Waals surface area contributed by atoms with Crippen LogP contribution in [0.4, 0.5) is 0 Å². The molecule has 1 rings (SSSR count). The number of carbonyl (C=O) groups is 1. The van der Waals surface area contributed by atoms with Gasteiger partial charge in [-0.05, 0) is 19.8 Å². The zero-order chi connectivity index (χ0) is 13.7. The highest BCUT2D eigenvalue weighted by molar-refractivity contribution is 5.66. The highest BCUT2D eigenvalue weighted by atomic mass is 16.4. The van der Waals surface area contributed by atoms with Crippen LogP contribution in [-0.4, -0.2) is 10.5 Å². The first-order valence-electron chi connectivity index (χ1n) is 6.83. The topological polar surface area (TPSA) is 48.9 Å². The number of nitrogens with zero attached hydrogens (tertiary/aromatic N) is 2. The van der Waals surface area contributed by atoms with Crippen LogP contribution in [0.1, 0.15) is 57.6 Å². The summed E-state index contributed by atoms with van der Waals surface area (Å²) in [7, 11) is 0. The molecule has 4 nitrogen and oxygen atoms in total. The van der Waals surface area contributed by atoms with Gasteiger partial charge >= 0.3 is 0 Å². The van der Waals surface area contributed by atoms with E-state index in [1.54, 1.807) is 6.92 Å². The molecule has 0 aliphatic carbocycles. The third-order valence-electron chi connectivity index (χ3n) is 3.32. The molecule has 18 heavy (non-hydrogen) atoms. The number of hydrogen-bond donors (Lipinski definition) is 0. The van der Waals surface area contributed by atoms with Crippen LogP contribution in [0.3, 0.4) is 0 Å². The average molecular weight is 252 g/mol. The summed E-state index contributed by atoms with van der Waals surface area (Å²) in [5, 5.41) is 11.1. The summed E-state index contributed by atoms with van der Waals surface area (Å²) >= 11 is 0. The minimum absolute atomic E-state index is 0.603. The molecule has 1 aromatic rings. The standard InChI is InChI=1S/C14H24N2O2/c1-5-7-8-13-15(9-6-2)11(3)10-16(13)12(4)14(17)18/h10,12H,5-9H2,1-4H3. The molecule has 1 heterocycles. The molecule has 0 aromatic carbocycles. The molecule has 1 atom stereocenters. The van der Waals surface area contributed by atoms with Gasteiger partial charge in [0.15, 0.2) is 0 Å². The van der Waals surface area contributed by atoms with Crippen molar-refractivity contribution in [1.29, 1.82) is 0 Å².